The first-order valence-electron chi connectivity index (χ1n) is 10.6. The first-order valence-corrected chi connectivity index (χ1v) is 12.2. The molecule has 0 saturated heterocycles. The summed E-state index contributed by atoms with van der Waals surface area (Å²) < 4.78 is 0. The van der Waals surface area contributed by atoms with Gasteiger partial charge in [0.15, 0.2) is 5.13 Å². The SMILES string of the molecule is CCN(CC)c1nc(CN(C(=O)c2ccc(Cl)cc2Cl)[C@@H](Cc2ccccc2)C(=O)O)cs1. The summed E-state index contributed by atoms with van der Waals surface area (Å²) in [6.07, 6.45) is 0.153. The molecule has 0 aliphatic rings. The number of benzene rings is 2. The number of carbonyl (C=O) groups is 2. The van der Waals surface area contributed by atoms with Gasteiger partial charge in [0.1, 0.15) is 6.04 Å². The van der Waals surface area contributed by atoms with Crippen molar-refractivity contribution >= 4 is 51.5 Å². The molecule has 6 nitrogen and oxygen atoms in total. The summed E-state index contributed by atoms with van der Waals surface area (Å²) in [5, 5.41) is 13.3. The standard InChI is InChI=1S/C24H25Cl2N3O3S/c1-3-28(4-2)24-27-18(15-33-24)14-29(22(30)19-11-10-17(25)13-20(19)26)21(23(31)32)12-16-8-6-5-7-9-16/h5-11,13,15,21H,3-4,12,14H2,1-2H3,(H,31,32)/t21-/m0/s1. The Bertz CT molecular complexity index is 1100. The number of carboxylic acids is 1. The molecule has 0 bridgehead atoms. The van der Waals surface area contributed by atoms with Gasteiger partial charge in [-0.3, -0.25) is 4.79 Å². The Morgan fingerprint density at radius 2 is 1.79 bits per heavy atom. The molecule has 1 N–H and O–H groups in total. The van der Waals surface area contributed by atoms with Crippen molar-refractivity contribution < 1.29 is 14.7 Å². The van der Waals surface area contributed by atoms with Crippen LogP contribution in [0.25, 0.3) is 0 Å². The van der Waals surface area contributed by atoms with E-state index in [4.69, 9.17) is 23.2 Å². The van der Waals surface area contributed by atoms with Crippen LogP contribution in [0.2, 0.25) is 10.0 Å². The van der Waals surface area contributed by atoms with Gasteiger partial charge in [0.2, 0.25) is 0 Å². The zero-order chi connectivity index (χ0) is 24.0. The van der Waals surface area contributed by atoms with Crippen molar-refractivity contribution in [3.8, 4) is 0 Å². The molecule has 0 unspecified atom stereocenters. The molecule has 2 aromatic carbocycles. The lowest BCUT2D eigenvalue weighted by molar-refractivity contribution is -0.142. The normalized spacial score (nSPS) is 11.8. The molecule has 33 heavy (non-hydrogen) atoms. The van der Waals surface area contributed by atoms with E-state index in [1.165, 1.54) is 28.4 Å². The van der Waals surface area contributed by atoms with Crippen LogP contribution in [-0.4, -0.2) is 46.0 Å². The summed E-state index contributed by atoms with van der Waals surface area (Å²) in [6.45, 7) is 5.74. The summed E-state index contributed by atoms with van der Waals surface area (Å²) in [5.41, 5.74) is 1.63. The number of carboxylic acid groups (broad SMARTS) is 1. The van der Waals surface area contributed by atoms with Gasteiger partial charge in [0.05, 0.1) is 22.8 Å². The van der Waals surface area contributed by atoms with Gasteiger partial charge < -0.3 is 14.9 Å². The fraction of sp³-hybridized carbons (Fsp3) is 0.292. The summed E-state index contributed by atoms with van der Waals surface area (Å²) in [6, 6.07) is 12.7. The summed E-state index contributed by atoms with van der Waals surface area (Å²) in [5.74, 6) is -1.59. The molecule has 0 aliphatic carbocycles. The van der Waals surface area contributed by atoms with Crippen LogP contribution in [0, 0.1) is 0 Å². The zero-order valence-electron chi connectivity index (χ0n) is 18.4. The van der Waals surface area contributed by atoms with Gasteiger partial charge in [-0.1, -0.05) is 53.5 Å². The Balaban J connectivity index is 1.99. The van der Waals surface area contributed by atoms with Gasteiger partial charge in [-0.15, -0.1) is 11.3 Å². The van der Waals surface area contributed by atoms with Crippen LogP contribution in [0.5, 0.6) is 0 Å². The number of carbonyl (C=O) groups excluding carboxylic acids is 1. The fourth-order valence-corrected chi connectivity index (χ4v) is 4.93. The van der Waals surface area contributed by atoms with Crippen LogP contribution < -0.4 is 4.90 Å². The lowest BCUT2D eigenvalue weighted by atomic mass is 10.0. The number of aliphatic carboxylic acids is 1. The van der Waals surface area contributed by atoms with Gasteiger partial charge >= 0.3 is 5.97 Å². The molecule has 0 saturated carbocycles. The van der Waals surface area contributed by atoms with Crippen LogP contribution in [-0.2, 0) is 17.8 Å². The highest BCUT2D eigenvalue weighted by Crippen LogP contribution is 2.27. The van der Waals surface area contributed by atoms with Crippen LogP contribution in [0.15, 0.2) is 53.9 Å². The highest BCUT2D eigenvalue weighted by Gasteiger charge is 2.32. The summed E-state index contributed by atoms with van der Waals surface area (Å²) >= 11 is 13.8. The average molecular weight is 506 g/mol. The van der Waals surface area contributed by atoms with E-state index in [1.54, 1.807) is 6.07 Å². The number of rotatable bonds is 10. The minimum atomic E-state index is -1.11. The number of anilines is 1. The molecule has 0 fully saturated rings. The van der Waals surface area contributed by atoms with Gasteiger partial charge in [0.25, 0.3) is 5.91 Å². The third kappa shape index (κ3) is 6.25. The van der Waals surface area contributed by atoms with E-state index in [0.29, 0.717) is 10.7 Å². The van der Waals surface area contributed by atoms with Gasteiger partial charge in [-0.05, 0) is 37.6 Å². The van der Waals surface area contributed by atoms with E-state index >= 15 is 0 Å². The lowest BCUT2D eigenvalue weighted by Gasteiger charge is -2.29. The van der Waals surface area contributed by atoms with Crippen molar-refractivity contribution in [1.82, 2.24) is 9.88 Å². The largest absolute Gasteiger partial charge is 0.480 e. The lowest BCUT2D eigenvalue weighted by Crippen LogP contribution is -2.46. The quantitative estimate of drug-likeness (QED) is 0.386. The minimum absolute atomic E-state index is 0.0410. The third-order valence-electron chi connectivity index (χ3n) is 5.26. The molecule has 3 rings (SSSR count). The monoisotopic (exact) mass is 505 g/mol. The third-order valence-corrected chi connectivity index (χ3v) is 6.76. The number of aromatic nitrogens is 1. The number of amides is 1. The van der Waals surface area contributed by atoms with E-state index in [0.717, 1.165) is 23.8 Å². The van der Waals surface area contributed by atoms with E-state index in [9.17, 15) is 14.7 Å². The second kappa shape index (κ2) is 11.5. The van der Waals surface area contributed by atoms with E-state index in [2.05, 4.69) is 9.88 Å². The smallest absolute Gasteiger partial charge is 0.326 e. The van der Waals surface area contributed by atoms with Gasteiger partial charge in [0, 0.05) is 29.9 Å². The summed E-state index contributed by atoms with van der Waals surface area (Å²) in [4.78, 5) is 34.0. The fourth-order valence-electron chi connectivity index (χ4n) is 3.49. The van der Waals surface area contributed by atoms with Crippen LogP contribution in [0.3, 0.4) is 0 Å². The van der Waals surface area contributed by atoms with Crippen molar-refractivity contribution in [1.29, 1.82) is 0 Å². The van der Waals surface area contributed by atoms with Gasteiger partial charge in [-0.25, -0.2) is 9.78 Å². The highest BCUT2D eigenvalue weighted by atomic mass is 35.5. The average Bonchev–Trinajstić information content (AvgIpc) is 3.25. The van der Waals surface area contributed by atoms with Crippen LogP contribution in [0.4, 0.5) is 5.13 Å². The highest BCUT2D eigenvalue weighted by molar-refractivity contribution is 7.13. The second-order valence-electron chi connectivity index (χ2n) is 7.39. The molecule has 1 atom stereocenters. The predicted molar refractivity (Wildman–Crippen MR) is 134 cm³/mol. The van der Waals surface area contributed by atoms with Crippen LogP contribution in [0.1, 0.15) is 35.5 Å². The molecule has 174 valence electrons. The predicted octanol–water partition coefficient (Wildman–Crippen LogP) is 5.63. The second-order valence-corrected chi connectivity index (χ2v) is 9.07. The molecule has 1 aromatic heterocycles. The number of hydrogen-bond donors (Lipinski definition) is 1. The first kappa shape index (κ1) is 25.0. The summed E-state index contributed by atoms with van der Waals surface area (Å²) in [7, 11) is 0. The zero-order valence-corrected chi connectivity index (χ0v) is 20.7. The molecular weight excluding hydrogens is 481 g/mol. The van der Waals surface area contributed by atoms with Gasteiger partial charge in [-0.2, -0.15) is 0 Å². The first-order chi connectivity index (χ1) is 15.8. The number of halogens is 2. The molecule has 0 radical (unpaired) electrons. The maximum Gasteiger partial charge on any atom is 0.326 e. The van der Waals surface area contributed by atoms with Crippen molar-refractivity contribution in [2.24, 2.45) is 0 Å². The Kier molecular flexibility index (Phi) is 8.72. The Hall–Kier alpha value is -2.61. The molecule has 1 heterocycles. The maximum atomic E-state index is 13.6. The molecule has 1 amide bonds. The van der Waals surface area contributed by atoms with Crippen molar-refractivity contribution in [3.63, 3.8) is 0 Å². The van der Waals surface area contributed by atoms with Crippen molar-refractivity contribution in [2.75, 3.05) is 18.0 Å². The topological polar surface area (TPSA) is 73.7 Å². The van der Waals surface area contributed by atoms with E-state index in [-0.39, 0.29) is 23.6 Å². The van der Waals surface area contributed by atoms with E-state index in [1.807, 2.05) is 49.6 Å². The number of nitrogens with zero attached hydrogens (tertiary/aromatic N) is 3. The van der Waals surface area contributed by atoms with Crippen molar-refractivity contribution in [3.05, 3.63) is 80.8 Å². The molecular formula is C24H25Cl2N3O3S. The van der Waals surface area contributed by atoms with E-state index < -0.39 is 17.9 Å². The Morgan fingerprint density at radius 1 is 1.09 bits per heavy atom. The molecule has 9 heteroatoms. The number of hydrogen-bond acceptors (Lipinski definition) is 5. The molecule has 0 aliphatic heterocycles. The molecule has 3 aromatic rings. The van der Waals surface area contributed by atoms with Crippen LogP contribution >= 0.6 is 34.5 Å². The Morgan fingerprint density at radius 3 is 2.39 bits per heavy atom. The Labute approximate surface area is 207 Å². The number of thiazole rings is 1. The van der Waals surface area contributed by atoms with Crippen molar-refractivity contribution in [2.45, 2.75) is 32.9 Å². The molecule has 0 spiro atoms. The maximum absolute atomic E-state index is 13.6. The minimum Gasteiger partial charge on any atom is -0.480 e.